The Morgan fingerprint density at radius 2 is 0.583 bits per heavy atom. The summed E-state index contributed by atoms with van der Waals surface area (Å²) in [7, 11) is 6.15. The van der Waals surface area contributed by atoms with Crippen molar-refractivity contribution in [3.05, 3.63) is 92.1 Å². The molecule has 0 fully saturated rings. The summed E-state index contributed by atoms with van der Waals surface area (Å²) < 4.78 is 0. The van der Waals surface area contributed by atoms with Crippen LogP contribution in [0, 0.1) is 27.7 Å². The van der Waals surface area contributed by atoms with Crippen molar-refractivity contribution in [3.8, 4) is 23.0 Å². The predicted molar refractivity (Wildman–Crippen MR) is 191 cm³/mol. The number of aryl methyl sites for hydroxylation is 4. The second-order valence-corrected chi connectivity index (χ2v) is 15.4. The van der Waals surface area contributed by atoms with Gasteiger partial charge in [-0.3, -0.25) is 19.9 Å². The minimum Gasteiger partial charge on any atom is -0.506 e. The molecular formula is C32H40N4O8S4. The summed E-state index contributed by atoms with van der Waals surface area (Å²) in [5, 5.41) is 77.4. The fourth-order valence-corrected chi connectivity index (χ4v) is 8.72. The van der Waals surface area contributed by atoms with Crippen molar-refractivity contribution in [1.82, 2.24) is 19.9 Å². The van der Waals surface area contributed by atoms with E-state index in [2.05, 4.69) is 19.9 Å². The second kappa shape index (κ2) is 19.3. The van der Waals surface area contributed by atoms with Crippen LogP contribution in [-0.2, 0) is 49.4 Å². The zero-order valence-electron chi connectivity index (χ0n) is 27.0. The Labute approximate surface area is 295 Å². The van der Waals surface area contributed by atoms with Crippen LogP contribution in [0.25, 0.3) is 0 Å². The van der Waals surface area contributed by atoms with Crippen molar-refractivity contribution in [2.45, 2.75) is 77.1 Å². The molecule has 0 unspecified atom stereocenters. The van der Waals surface area contributed by atoms with E-state index in [9.17, 15) is 40.9 Å². The molecule has 0 amide bonds. The van der Waals surface area contributed by atoms with Gasteiger partial charge in [-0.05, 0) is 49.9 Å². The standard InChI is InChI=1S/2C16H20N2O4S2/c2*1-9-15(21)13(5-19)11(3-17-9)7-23-24-8-12-4-18-10(2)16(22)14(12)6-20/h2*3-4,19-22H,5-8H2,1-2H3. The molecule has 0 aliphatic rings. The van der Waals surface area contributed by atoms with Crippen LogP contribution >= 0.6 is 43.2 Å². The number of hydrogen-bond acceptors (Lipinski definition) is 16. The molecule has 0 aromatic carbocycles. The molecule has 0 atom stereocenters. The minimum atomic E-state index is -0.236. The third-order valence-corrected chi connectivity index (χ3v) is 11.8. The van der Waals surface area contributed by atoms with E-state index in [1.54, 1.807) is 52.5 Å². The number of rotatable bonds is 14. The van der Waals surface area contributed by atoms with Crippen molar-refractivity contribution in [2.24, 2.45) is 0 Å². The van der Waals surface area contributed by atoms with E-state index >= 15 is 0 Å². The summed E-state index contributed by atoms with van der Waals surface area (Å²) >= 11 is 0. The first-order valence-electron chi connectivity index (χ1n) is 14.6. The smallest absolute Gasteiger partial charge is 0.142 e. The van der Waals surface area contributed by atoms with Crippen LogP contribution in [0.3, 0.4) is 0 Å². The molecule has 0 spiro atoms. The van der Waals surface area contributed by atoms with Crippen LogP contribution in [-0.4, -0.2) is 60.8 Å². The van der Waals surface area contributed by atoms with Gasteiger partial charge in [-0.2, -0.15) is 0 Å². The molecule has 0 saturated carbocycles. The van der Waals surface area contributed by atoms with Crippen LogP contribution in [0.1, 0.15) is 67.3 Å². The van der Waals surface area contributed by atoms with Crippen LogP contribution in [0.2, 0.25) is 0 Å². The van der Waals surface area contributed by atoms with Gasteiger partial charge in [0.2, 0.25) is 0 Å². The maximum absolute atomic E-state index is 9.94. The van der Waals surface area contributed by atoms with Gasteiger partial charge >= 0.3 is 0 Å². The van der Waals surface area contributed by atoms with Gasteiger partial charge in [0.15, 0.2) is 0 Å². The van der Waals surface area contributed by atoms with Crippen molar-refractivity contribution in [1.29, 1.82) is 0 Å². The molecule has 4 aromatic rings. The average molecular weight is 737 g/mol. The Bertz CT molecular complexity index is 1450. The van der Waals surface area contributed by atoms with Crippen molar-refractivity contribution < 1.29 is 40.9 Å². The number of aliphatic hydroxyl groups excluding tert-OH is 4. The van der Waals surface area contributed by atoms with Crippen molar-refractivity contribution in [3.63, 3.8) is 0 Å². The normalized spacial score (nSPS) is 11.0. The van der Waals surface area contributed by atoms with Gasteiger partial charge < -0.3 is 40.9 Å². The van der Waals surface area contributed by atoms with Crippen molar-refractivity contribution >= 4 is 43.2 Å². The SMILES string of the molecule is Cc1ncc(CSSCc2cnc(C)c(O)c2CO)c(CO)c1O.Cc1ncc(CSSCc2cnc(C)c(O)c2CO)c(CO)c1O. The van der Waals surface area contributed by atoms with Crippen LogP contribution in [0.15, 0.2) is 24.8 Å². The Balaban J connectivity index is 0.000000260. The zero-order valence-corrected chi connectivity index (χ0v) is 30.2. The van der Waals surface area contributed by atoms with Gasteiger partial charge in [0.1, 0.15) is 23.0 Å². The Morgan fingerprint density at radius 3 is 0.750 bits per heavy atom. The number of aromatic nitrogens is 4. The molecule has 260 valence electrons. The van der Waals surface area contributed by atoms with E-state index in [4.69, 9.17) is 0 Å². The summed E-state index contributed by atoms with van der Waals surface area (Å²) in [6.07, 6.45) is 6.64. The minimum absolute atomic E-state index is 0.0378. The quantitative estimate of drug-likeness (QED) is 0.0622. The highest BCUT2D eigenvalue weighted by Crippen LogP contribution is 2.36. The Morgan fingerprint density at radius 1 is 0.396 bits per heavy atom. The lowest BCUT2D eigenvalue weighted by Crippen LogP contribution is -1.98. The van der Waals surface area contributed by atoms with Crippen LogP contribution in [0.4, 0.5) is 0 Å². The Kier molecular flexibility index (Phi) is 15.9. The molecule has 0 aliphatic heterocycles. The topological polar surface area (TPSA) is 213 Å². The second-order valence-electron chi connectivity index (χ2n) is 10.5. The molecule has 16 heteroatoms. The van der Waals surface area contributed by atoms with E-state index in [0.717, 1.165) is 22.3 Å². The molecular weight excluding hydrogens is 697 g/mol. The maximum Gasteiger partial charge on any atom is 0.142 e. The number of aliphatic hydroxyl groups is 4. The lowest BCUT2D eigenvalue weighted by Gasteiger charge is -2.12. The van der Waals surface area contributed by atoms with Gasteiger partial charge in [-0.1, -0.05) is 43.2 Å². The summed E-state index contributed by atoms with van der Waals surface area (Å²) in [6.45, 7) is 5.81. The molecule has 4 aromatic heterocycles. The molecule has 8 N–H and O–H groups in total. The highest BCUT2D eigenvalue weighted by molar-refractivity contribution is 8.76. The van der Waals surface area contributed by atoms with Gasteiger partial charge in [0.25, 0.3) is 0 Å². The summed E-state index contributed by atoms with van der Waals surface area (Å²) in [5.74, 6) is 2.43. The van der Waals surface area contributed by atoms with Gasteiger partial charge in [-0.15, -0.1) is 0 Å². The van der Waals surface area contributed by atoms with Crippen LogP contribution < -0.4 is 0 Å². The number of hydrogen-bond donors (Lipinski definition) is 8. The maximum atomic E-state index is 9.94. The third-order valence-electron chi connectivity index (χ3n) is 7.38. The Hall–Kier alpha value is -2.96. The zero-order chi connectivity index (χ0) is 35.4. The van der Waals surface area contributed by atoms with Crippen molar-refractivity contribution in [2.75, 3.05) is 0 Å². The van der Waals surface area contributed by atoms with E-state index in [0.29, 0.717) is 68.0 Å². The monoisotopic (exact) mass is 736 g/mol. The van der Waals surface area contributed by atoms with Gasteiger partial charge in [-0.25, -0.2) is 0 Å². The van der Waals surface area contributed by atoms with E-state index in [-0.39, 0.29) is 49.4 Å². The lowest BCUT2D eigenvalue weighted by atomic mass is 10.1. The molecule has 48 heavy (non-hydrogen) atoms. The average Bonchev–Trinajstić information content (AvgIpc) is 3.08. The summed E-state index contributed by atoms with van der Waals surface area (Å²) in [6, 6.07) is 0. The lowest BCUT2D eigenvalue weighted by molar-refractivity contribution is 0.273. The highest BCUT2D eigenvalue weighted by Gasteiger charge is 2.15. The first kappa shape index (κ1) is 39.5. The first-order valence-corrected chi connectivity index (χ1v) is 19.5. The highest BCUT2D eigenvalue weighted by atomic mass is 33.1. The van der Waals surface area contributed by atoms with Gasteiger partial charge in [0, 0.05) is 70.1 Å². The molecule has 12 nitrogen and oxygen atoms in total. The third kappa shape index (κ3) is 10.0. The molecule has 4 rings (SSSR count). The molecule has 0 saturated heterocycles. The van der Waals surface area contributed by atoms with E-state index in [1.807, 2.05) is 0 Å². The largest absolute Gasteiger partial charge is 0.506 e. The fraction of sp³-hybridized carbons (Fsp3) is 0.375. The van der Waals surface area contributed by atoms with Crippen LogP contribution in [0.5, 0.6) is 23.0 Å². The summed E-state index contributed by atoms with van der Waals surface area (Å²) in [4.78, 5) is 16.5. The molecule has 0 radical (unpaired) electrons. The number of aromatic hydroxyl groups is 4. The number of pyridine rings is 4. The van der Waals surface area contributed by atoms with Gasteiger partial charge in [0.05, 0.1) is 49.2 Å². The number of nitrogens with zero attached hydrogens (tertiary/aromatic N) is 4. The molecule has 0 aliphatic carbocycles. The first-order chi connectivity index (χ1) is 23.0. The summed E-state index contributed by atoms with van der Waals surface area (Å²) in [5.41, 5.74) is 7.11. The van der Waals surface area contributed by atoms with E-state index < -0.39 is 0 Å². The predicted octanol–water partition coefficient (Wildman–Crippen LogP) is 5.14. The van der Waals surface area contributed by atoms with E-state index in [1.165, 1.54) is 43.2 Å². The molecule has 4 heterocycles. The molecule has 0 bridgehead atoms. The fourth-order valence-electron chi connectivity index (χ4n) is 4.36.